The van der Waals surface area contributed by atoms with E-state index in [4.69, 9.17) is 4.74 Å². The smallest absolute Gasteiger partial charge is 0.126 e. The number of aliphatic hydroxyl groups is 1. The fourth-order valence-electron chi connectivity index (χ4n) is 4.11. The molecule has 0 amide bonds. The van der Waals surface area contributed by atoms with Gasteiger partial charge in [0.15, 0.2) is 0 Å². The van der Waals surface area contributed by atoms with Crippen LogP contribution in [0.5, 0.6) is 0 Å². The van der Waals surface area contributed by atoms with Crippen LogP contribution in [0.1, 0.15) is 62.2 Å². The number of likely N-dealkylation sites (tertiary alicyclic amines) is 1. The van der Waals surface area contributed by atoms with E-state index >= 15 is 0 Å². The summed E-state index contributed by atoms with van der Waals surface area (Å²) in [5.41, 5.74) is 2.76. The highest BCUT2D eigenvalue weighted by molar-refractivity contribution is 5.31. The maximum absolute atomic E-state index is 10.4. The second kappa shape index (κ2) is 8.81. The molecule has 0 spiro atoms. The molecule has 1 aromatic carbocycles. The minimum Gasteiger partial charge on any atom is -0.385 e. The molecular weight excluding hydrogens is 286 g/mol. The molecule has 0 radical (unpaired) electrons. The van der Waals surface area contributed by atoms with Gasteiger partial charge in [-0.2, -0.15) is 0 Å². The Hall–Kier alpha value is -0.900. The molecule has 3 nitrogen and oxygen atoms in total. The molecule has 0 aromatic heterocycles. The molecule has 3 rings (SSSR count). The summed E-state index contributed by atoms with van der Waals surface area (Å²) < 4.78 is 6.11. The Morgan fingerprint density at radius 2 is 1.78 bits per heavy atom. The molecule has 1 aliphatic carbocycles. The zero-order valence-electron chi connectivity index (χ0n) is 14.3. The number of rotatable bonds is 5. The van der Waals surface area contributed by atoms with Gasteiger partial charge in [-0.05, 0) is 56.1 Å². The third-order valence-corrected chi connectivity index (χ3v) is 5.39. The van der Waals surface area contributed by atoms with E-state index in [2.05, 4.69) is 24.3 Å². The third kappa shape index (κ3) is 5.03. The Kier molecular flexibility index (Phi) is 6.49. The quantitative estimate of drug-likeness (QED) is 0.873. The van der Waals surface area contributed by atoms with Gasteiger partial charge >= 0.3 is 0 Å². The van der Waals surface area contributed by atoms with Crippen LogP contribution < -0.4 is 4.90 Å². The number of benzene rings is 1. The molecule has 23 heavy (non-hydrogen) atoms. The van der Waals surface area contributed by atoms with Crippen molar-refractivity contribution in [2.75, 3.05) is 26.2 Å². The largest absolute Gasteiger partial charge is 0.385 e. The average Bonchev–Trinajstić information content (AvgIpc) is 2.55. The fourth-order valence-corrected chi connectivity index (χ4v) is 4.11. The van der Waals surface area contributed by atoms with E-state index in [9.17, 15) is 5.11 Å². The fraction of sp³-hybridized carbons (Fsp3) is 0.700. The van der Waals surface area contributed by atoms with E-state index in [0.29, 0.717) is 6.61 Å². The maximum Gasteiger partial charge on any atom is 0.126 e. The Bertz CT molecular complexity index is 468. The topological polar surface area (TPSA) is 33.9 Å². The van der Waals surface area contributed by atoms with Gasteiger partial charge in [0.1, 0.15) is 12.6 Å². The molecule has 2 N–H and O–H groups in total. The SMILES string of the molecule is O[C@@H](CO[C@@H]1CCCc2ccccc21)C[NH+]1CCCCCCC1. The summed E-state index contributed by atoms with van der Waals surface area (Å²) in [6, 6.07) is 8.61. The molecule has 0 saturated carbocycles. The lowest BCUT2D eigenvalue weighted by Crippen LogP contribution is -3.13. The van der Waals surface area contributed by atoms with Crippen LogP contribution >= 0.6 is 0 Å². The summed E-state index contributed by atoms with van der Waals surface area (Å²) in [4.78, 5) is 1.56. The van der Waals surface area contributed by atoms with Crippen LogP contribution in [0.25, 0.3) is 0 Å². The van der Waals surface area contributed by atoms with Crippen molar-refractivity contribution in [3.05, 3.63) is 35.4 Å². The molecule has 1 fully saturated rings. The first kappa shape index (κ1) is 16.9. The van der Waals surface area contributed by atoms with Gasteiger partial charge in [0.2, 0.25) is 0 Å². The monoisotopic (exact) mass is 318 g/mol. The molecule has 1 aromatic rings. The Morgan fingerprint density at radius 1 is 1.04 bits per heavy atom. The highest BCUT2D eigenvalue weighted by Crippen LogP contribution is 2.32. The Morgan fingerprint density at radius 3 is 2.61 bits per heavy atom. The second-order valence-electron chi connectivity index (χ2n) is 7.29. The van der Waals surface area contributed by atoms with Crippen LogP contribution in [0.4, 0.5) is 0 Å². The first-order valence-electron chi connectivity index (χ1n) is 9.54. The highest BCUT2D eigenvalue weighted by Gasteiger charge is 2.22. The average molecular weight is 318 g/mol. The lowest BCUT2D eigenvalue weighted by atomic mass is 9.89. The number of aliphatic hydroxyl groups excluding tert-OH is 1. The summed E-state index contributed by atoms with van der Waals surface area (Å²) in [7, 11) is 0. The van der Waals surface area contributed by atoms with Gasteiger partial charge in [0, 0.05) is 0 Å². The molecular formula is C20H32NO2+. The van der Waals surface area contributed by atoms with Crippen molar-refractivity contribution in [3.8, 4) is 0 Å². The Labute approximate surface area is 140 Å². The van der Waals surface area contributed by atoms with E-state index in [1.54, 1.807) is 4.90 Å². The molecule has 1 aliphatic heterocycles. The standard InChI is InChI=1S/C20H31NO2/c22-18(15-21-13-6-2-1-3-7-14-21)16-23-20-12-8-10-17-9-4-5-11-19(17)20/h4-5,9,11,18,20,22H,1-3,6-8,10,12-16H2/p+1/t18-,20-/m1/s1. The first-order chi connectivity index (χ1) is 11.3. The van der Waals surface area contributed by atoms with E-state index in [1.165, 1.54) is 62.7 Å². The molecule has 128 valence electrons. The summed E-state index contributed by atoms with van der Waals surface area (Å²) in [5, 5.41) is 10.4. The lowest BCUT2D eigenvalue weighted by molar-refractivity contribution is -0.904. The summed E-state index contributed by atoms with van der Waals surface area (Å²) in [5.74, 6) is 0. The molecule has 1 heterocycles. The van der Waals surface area contributed by atoms with E-state index in [0.717, 1.165) is 19.4 Å². The summed E-state index contributed by atoms with van der Waals surface area (Å²) in [6.45, 7) is 3.74. The number of aryl methyl sites for hydroxylation is 1. The lowest BCUT2D eigenvalue weighted by Gasteiger charge is -2.28. The number of hydrogen-bond acceptors (Lipinski definition) is 2. The minimum atomic E-state index is -0.335. The zero-order chi connectivity index (χ0) is 15.9. The molecule has 2 atom stereocenters. The van der Waals surface area contributed by atoms with Crippen LogP contribution in [0, 0.1) is 0 Å². The number of fused-ring (bicyclic) bond motifs is 1. The van der Waals surface area contributed by atoms with Crippen LogP contribution in [0.2, 0.25) is 0 Å². The third-order valence-electron chi connectivity index (χ3n) is 5.39. The summed E-state index contributed by atoms with van der Waals surface area (Å²) >= 11 is 0. The van der Waals surface area contributed by atoms with Crippen molar-refractivity contribution in [3.63, 3.8) is 0 Å². The van der Waals surface area contributed by atoms with E-state index < -0.39 is 0 Å². The predicted octanol–water partition coefficient (Wildman–Crippen LogP) is 2.29. The molecule has 1 saturated heterocycles. The van der Waals surface area contributed by atoms with Gasteiger partial charge in [-0.15, -0.1) is 0 Å². The summed E-state index contributed by atoms with van der Waals surface area (Å²) in [6.07, 6.45) is 9.99. The van der Waals surface area contributed by atoms with Gasteiger partial charge in [-0.3, -0.25) is 0 Å². The van der Waals surface area contributed by atoms with Crippen molar-refractivity contribution in [2.24, 2.45) is 0 Å². The molecule has 0 unspecified atom stereocenters. The zero-order valence-corrected chi connectivity index (χ0v) is 14.3. The van der Waals surface area contributed by atoms with Crippen LogP contribution in [0.3, 0.4) is 0 Å². The number of nitrogens with one attached hydrogen (secondary N) is 1. The number of ether oxygens (including phenoxy) is 1. The van der Waals surface area contributed by atoms with Gasteiger partial charge < -0.3 is 14.7 Å². The van der Waals surface area contributed by atoms with E-state index in [1.807, 2.05) is 0 Å². The van der Waals surface area contributed by atoms with Crippen LogP contribution in [-0.4, -0.2) is 37.5 Å². The van der Waals surface area contributed by atoms with Gasteiger partial charge in [-0.1, -0.05) is 30.7 Å². The van der Waals surface area contributed by atoms with Gasteiger partial charge in [-0.25, -0.2) is 0 Å². The van der Waals surface area contributed by atoms with Crippen LogP contribution in [0.15, 0.2) is 24.3 Å². The predicted molar refractivity (Wildman–Crippen MR) is 92.7 cm³/mol. The number of quaternary nitrogens is 1. The Balaban J connectivity index is 1.46. The van der Waals surface area contributed by atoms with E-state index in [-0.39, 0.29) is 12.2 Å². The van der Waals surface area contributed by atoms with Crippen molar-refractivity contribution in [2.45, 2.75) is 63.6 Å². The van der Waals surface area contributed by atoms with Crippen LogP contribution in [-0.2, 0) is 11.2 Å². The number of hydrogen-bond donors (Lipinski definition) is 2. The molecule has 2 aliphatic rings. The normalized spacial score (nSPS) is 24.5. The maximum atomic E-state index is 10.4. The van der Waals surface area contributed by atoms with Crippen molar-refractivity contribution < 1.29 is 14.7 Å². The first-order valence-corrected chi connectivity index (χ1v) is 9.54. The van der Waals surface area contributed by atoms with Gasteiger partial charge in [0.05, 0.1) is 25.8 Å². The second-order valence-corrected chi connectivity index (χ2v) is 7.29. The van der Waals surface area contributed by atoms with Crippen molar-refractivity contribution in [1.82, 2.24) is 0 Å². The highest BCUT2D eigenvalue weighted by atomic mass is 16.5. The molecule has 3 heteroatoms. The van der Waals surface area contributed by atoms with Gasteiger partial charge in [0.25, 0.3) is 0 Å². The molecule has 0 bridgehead atoms. The minimum absolute atomic E-state index is 0.178. The van der Waals surface area contributed by atoms with Crippen molar-refractivity contribution >= 4 is 0 Å². The van der Waals surface area contributed by atoms with Crippen molar-refractivity contribution in [1.29, 1.82) is 0 Å².